The number of benzene rings is 3. The van der Waals surface area contributed by atoms with Gasteiger partial charge in [-0.2, -0.15) is 0 Å². The molecule has 0 aromatic heterocycles. The number of nitro groups is 1. The quantitative estimate of drug-likeness (QED) is 0.449. The summed E-state index contributed by atoms with van der Waals surface area (Å²) in [4.78, 5) is 23.7. The number of hydrogen-bond donors (Lipinski definition) is 1. The molecule has 1 amide bonds. The molecule has 31 heavy (non-hydrogen) atoms. The van der Waals surface area contributed by atoms with E-state index in [2.05, 4.69) is 5.32 Å². The van der Waals surface area contributed by atoms with Gasteiger partial charge in [0.25, 0.3) is 5.69 Å². The van der Waals surface area contributed by atoms with Gasteiger partial charge in [0.1, 0.15) is 11.5 Å². The van der Waals surface area contributed by atoms with Gasteiger partial charge in [-0.05, 0) is 47.9 Å². The summed E-state index contributed by atoms with van der Waals surface area (Å²) in [5.41, 5.74) is 1.74. The number of non-ortho nitro benzene ring substituents is 1. The van der Waals surface area contributed by atoms with E-state index < -0.39 is 10.3 Å². The Morgan fingerprint density at radius 2 is 1.55 bits per heavy atom. The van der Waals surface area contributed by atoms with Crippen LogP contribution in [0, 0.1) is 16.0 Å². The van der Waals surface area contributed by atoms with Gasteiger partial charge in [-0.1, -0.05) is 30.3 Å². The van der Waals surface area contributed by atoms with Crippen molar-refractivity contribution in [2.24, 2.45) is 5.92 Å². The van der Waals surface area contributed by atoms with Gasteiger partial charge in [0.2, 0.25) is 5.91 Å². The molecule has 0 spiro atoms. The number of ether oxygens (including phenoxy) is 2. The number of methoxy groups -OCH3 is 2. The van der Waals surface area contributed by atoms with Gasteiger partial charge in [-0.15, -0.1) is 0 Å². The number of nitrogens with one attached hydrogen (secondary N) is 1. The van der Waals surface area contributed by atoms with E-state index in [1.165, 1.54) is 12.1 Å². The van der Waals surface area contributed by atoms with Crippen LogP contribution in [0.3, 0.4) is 0 Å². The highest BCUT2D eigenvalue weighted by atomic mass is 16.6. The summed E-state index contributed by atoms with van der Waals surface area (Å²) in [6.45, 7) is 0. The molecule has 1 aliphatic carbocycles. The van der Waals surface area contributed by atoms with Crippen LogP contribution in [0.5, 0.6) is 11.5 Å². The van der Waals surface area contributed by atoms with Crippen LogP contribution in [0.2, 0.25) is 0 Å². The first kappa shape index (κ1) is 20.4. The highest BCUT2D eigenvalue weighted by molar-refractivity contribution is 5.97. The number of rotatable bonds is 7. The number of nitrogens with zero attached hydrogens (tertiary/aromatic N) is 1. The van der Waals surface area contributed by atoms with Crippen LogP contribution in [-0.4, -0.2) is 25.1 Å². The third-order valence-electron chi connectivity index (χ3n) is 5.77. The molecule has 0 saturated heterocycles. The fraction of sp³-hybridized carbons (Fsp3) is 0.208. The molecule has 0 bridgehead atoms. The normalized spacial score (nSPS) is 16.3. The molecule has 1 saturated carbocycles. The van der Waals surface area contributed by atoms with E-state index in [0.29, 0.717) is 23.6 Å². The van der Waals surface area contributed by atoms with E-state index in [0.717, 1.165) is 11.1 Å². The zero-order chi connectivity index (χ0) is 22.0. The molecule has 0 heterocycles. The zero-order valence-electron chi connectivity index (χ0n) is 17.2. The molecule has 4 rings (SSSR count). The SMILES string of the molecule is COc1cccc(C2(c3cccc(OC)c3)CC2C(=O)Nc2cccc([N+](=O)[O-])c2)c1. The second-order valence-corrected chi connectivity index (χ2v) is 7.49. The Morgan fingerprint density at radius 1 is 0.968 bits per heavy atom. The van der Waals surface area contributed by atoms with Gasteiger partial charge >= 0.3 is 0 Å². The maximum absolute atomic E-state index is 13.2. The fourth-order valence-electron chi connectivity index (χ4n) is 4.11. The predicted octanol–water partition coefficient (Wildman–Crippen LogP) is 4.56. The Balaban J connectivity index is 1.69. The first-order valence-electron chi connectivity index (χ1n) is 9.82. The second-order valence-electron chi connectivity index (χ2n) is 7.49. The van der Waals surface area contributed by atoms with Gasteiger partial charge in [-0.3, -0.25) is 14.9 Å². The number of hydrogen-bond acceptors (Lipinski definition) is 5. The molecule has 0 aliphatic heterocycles. The number of nitro benzene ring substituents is 1. The summed E-state index contributed by atoms with van der Waals surface area (Å²) in [5, 5.41) is 13.9. The molecule has 3 aromatic rings. The fourth-order valence-corrected chi connectivity index (χ4v) is 4.11. The minimum Gasteiger partial charge on any atom is -0.497 e. The van der Waals surface area contributed by atoms with Crippen LogP contribution in [0.25, 0.3) is 0 Å². The highest BCUT2D eigenvalue weighted by Gasteiger charge is 2.60. The Bertz CT molecular complexity index is 1100. The zero-order valence-corrected chi connectivity index (χ0v) is 17.2. The summed E-state index contributed by atoms with van der Waals surface area (Å²) < 4.78 is 10.8. The van der Waals surface area contributed by atoms with Crippen LogP contribution < -0.4 is 14.8 Å². The Hall–Kier alpha value is -3.87. The molecular weight excluding hydrogens is 396 g/mol. The van der Waals surface area contributed by atoms with Gasteiger partial charge in [-0.25, -0.2) is 0 Å². The Labute approximate surface area is 179 Å². The van der Waals surface area contributed by atoms with E-state index in [-0.39, 0.29) is 17.5 Å². The summed E-state index contributed by atoms with van der Waals surface area (Å²) in [7, 11) is 3.22. The summed E-state index contributed by atoms with van der Waals surface area (Å²) in [6.07, 6.45) is 0.605. The molecule has 158 valence electrons. The van der Waals surface area contributed by atoms with E-state index in [9.17, 15) is 14.9 Å². The maximum Gasteiger partial charge on any atom is 0.271 e. The minimum atomic E-state index is -0.534. The van der Waals surface area contributed by atoms with Crippen LogP contribution in [0.1, 0.15) is 17.5 Å². The third-order valence-corrected chi connectivity index (χ3v) is 5.77. The van der Waals surface area contributed by atoms with Crippen LogP contribution >= 0.6 is 0 Å². The average Bonchev–Trinajstić information content (AvgIpc) is 3.57. The molecule has 3 aromatic carbocycles. The van der Waals surface area contributed by atoms with E-state index >= 15 is 0 Å². The van der Waals surface area contributed by atoms with Crippen molar-refractivity contribution < 1.29 is 19.2 Å². The molecule has 0 radical (unpaired) electrons. The molecule has 1 fully saturated rings. The van der Waals surface area contributed by atoms with E-state index in [1.807, 2.05) is 48.5 Å². The Kier molecular flexibility index (Phi) is 5.33. The van der Waals surface area contributed by atoms with Crippen LogP contribution in [0.4, 0.5) is 11.4 Å². The van der Waals surface area contributed by atoms with Crippen molar-refractivity contribution in [2.75, 3.05) is 19.5 Å². The summed E-state index contributed by atoms with van der Waals surface area (Å²) in [5.74, 6) is 0.895. The number of anilines is 1. The summed E-state index contributed by atoms with van der Waals surface area (Å²) in [6, 6.07) is 21.4. The topological polar surface area (TPSA) is 90.7 Å². The lowest BCUT2D eigenvalue weighted by Gasteiger charge is -2.20. The van der Waals surface area contributed by atoms with E-state index in [4.69, 9.17) is 9.47 Å². The molecule has 1 atom stereocenters. The monoisotopic (exact) mass is 418 g/mol. The van der Waals surface area contributed by atoms with Crippen molar-refractivity contribution in [2.45, 2.75) is 11.8 Å². The second kappa shape index (κ2) is 8.10. The van der Waals surface area contributed by atoms with E-state index in [1.54, 1.807) is 26.4 Å². The molecule has 7 nitrogen and oxygen atoms in total. The predicted molar refractivity (Wildman–Crippen MR) is 117 cm³/mol. The third kappa shape index (κ3) is 3.82. The van der Waals surface area contributed by atoms with Crippen molar-refractivity contribution in [1.29, 1.82) is 0 Å². The molecule has 1 aliphatic rings. The molecular formula is C24H22N2O5. The van der Waals surface area contributed by atoms with Gasteiger partial charge in [0, 0.05) is 23.2 Å². The summed E-state index contributed by atoms with van der Waals surface area (Å²) >= 11 is 0. The molecule has 1 N–H and O–H groups in total. The van der Waals surface area contributed by atoms with Crippen molar-refractivity contribution in [3.63, 3.8) is 0 Å². The van der Waals surface area contributed by atoms with Crippen molar-refractivity contribution in [3.8, 4) is 11.5 Å². The average molecular weight is 418 g/mol. The van der Waals surface area contributed by atoms with Crippen LogP contribution in [0.15, 0.2) is 72.8 Å². The van der Waals surface area contributed by atoms with Crippen molar-refractivity contribution in [3.05, 3.63) is 94.0 Å². The smallest absolute Gasteiger partial charge is 0.271 e. The standard InChI is InChI=1S/C24H22N2O5/c1-30-20-10-3-6-16(12-20)24(17-7-4-11-21(13-17)31-2)15-22(24)23(27)25-18-8-5-9-19(14-18)26(28)29/h3-14,22H,15H2,1-2H3,(H,25,27). The lowest BCUT2D eigenvalue weighted by molar-refractivity contribution is -0.384. The number of carbonyl (C=O) groups is 1. The first-order chi connectivity index (χ1) is 15.0. The first-order valence-corrected chi connectivity index (χ1v) is 9.82. The highest BCUT2D eigenvalue weighted by Crippen LogP contribution is 2.60. The Morgan fingerprint density at radius 3 is 2.10 bits per heavy atom. The lowest BCUT2D eigenvalue weighted by Crippen LogP contribution is -2.22. The van der Waals surface area contributed by atoms with Crippen LogP contribution in [-0.2, 0) is 10.2 Å². The van der Waals surface area contributed by atoms with Crippen molar-refractivity contribution in [1.82, 2.24) is 0 Å². The maximum atomic E-state index is 13.2. The molecule has 1 unspecified atom stereocenters. The van der Waals surface area contributed by atoms with Gasteiger partial charge in [0.15, 0.2) is 0 Å². The van der Waals surface area contributed by atoms with Gasteiger partial charge in [0.05, 0.1) is 25.1 Å². The molecule has 7 heteroatoms. The van der Waals surface area contributed by atoms with Gasteiger partial charge < -0.3 is 14.8 Å². The minimum absolute atomic E-state index is 0.0690. The largest absolute Gasteiger partial charge is 0.497 e. The lowest BCUT2D eigenvalue weighted by atomic mass is 9.85. The number of carbonyl (C=O) groups excluding carboxylic acids is 1. The number of amides is 1. The van der Waals surface area contributed by atoms with Crippen molar-refractivity contribution >= 4 is 17.3 Å².